The topological polar surface area (TPSA) is 126 Å². The van der Waals surface area contributed by atoms with E-state index in [2.05, 4.69) is 15.2 Å². The van der Waals surface area contributed by atoms with Crippen molar-refractivity contribution in [3.8, 4) is 17.2 Å². The molecule has 1 atom stereocenters. The number of hydrogen-bond donors (Lipinski definition) is 0. The lowest BCUT2D eigenvalue weighted by Gasteiger charge is -2.24. The van der Waals surface area contributed by atoms with Crippen LogP contribution in [-0.4, -0.2) is 57.6 Å². The van der Waals surface area contributed by atoms with Crippen molar-refractivity contribution in [1.82, 2.24) is 4.98 Å². The van der Waals surface area contributed by atoms with E-state index in [1.54, 1.807) is 32.0 Å². The summed E-state index contributed by atoms with van der Waals surface area (Å²) >= 11 is 0. The van der Waals surface area contributed by atoms with Gasteiger partial charge < -0.3 is 18.9 Å². The maximum absolute atomic E-state index is 11.8. The van der Waals surface area contributed by atoms with Crippen molar-refractivity contribution < 1.29 is 32.2 Å². The van der Waals surface area contributed by atoms with Crippen molar-refractivity contribution in [2.75, 3.05) is 26.1 Å². The van der Waals surface area contributed by atoms with E-state index in [0.717, 1.165) is 19.1 Å². The van der Waals surface area contributed by atoms with Crippen LogP contribution < -0.4 is 9.47 Å². The minimum atomic E-state index is -3.40. The monoisotopic (exact) mass is 477 g/mol. The summed E-state index contributed by atoms with van der Waals surface area (Å²) in [4.78, 5) is 15.7. The molecule has 1 fully saturated rings. The summed E-state index contributed by atoms with van der Waals surface area (Å²) in [6.07, 6.45) is 3.84. The van der Waals surface area contributed by atoms with Crippen LogP contribution in [0.3, 0.4) is 0 Å². The quantitative estimate of drug-likeness (QED) is 0.394. The van der Waals surface area contributed by atoms with E-state index in [9.17, 15) is 13.2 Å². The number of rotatable bonds is 9. The molecule has 0 radical (unpaired) electrons. The fraction of sp³-hybridized carbons (Fsp3) is 0.455. The van der Waals surface area contributed by atoms with Crippen molar-refractivity contribution >= 4 is 21.5 Å². The minimum absolute atomic E-state index is 0.0372. The van der Waals surface area contributed by atoms with Crippen LogP contribution in [0.25, 0.3) is 0 Å². The molecule has 1 aliphatic rings. The fourth-order valence-corrected chi connectivity index (χ4v) is 3.51. The van der Waals surface area contributed by atoms with Crippen molar-refractivity contribution in [3.63, 3.8) is 0 Å². The maximum Gasteiger partial charge on any atom is 0.332 e. The Kier molecular flexibility index (Phi) is 8.34. The summed E-state index contributed by atoms with van der Waals surface area (Å²) in [6.45, 7) is 4.81. The molecule has 10 nitrogen and oxygen atoms in total. The molecule has 178 valence electrons. The standard InChI is InChI=1S/C22H27N3O7S/c1-4-30-22(26)15(2)24-25-19-7-5-17(13-20(19)32-16-9-11-29-12-10-16)31-18-6-8-21(23-14-18)33(3,27)28/h5-8,13-16H,4,9-12H2,1-3H3. The third-order valence-electron chi connectivity index (χ3n) is 4.68. The Morgan fingerprint density at radius 2 is 1.94 bits per heavy atom. The van der Waals surface area contributed by atoms with Gasteiger partial charge in [-0.2, -0.15) is 10.2 Å². The third kappa shape index (κ3) is 7.22. The first-order chi connectivity index (χ1) is 15.8. The van der Waals surface area contributed by atoms with Crippen LogP contribution in [0.2, 0.25) is 0 Å². The summed E-state index contributed by atoms with van der Waals surface area (Å²) < 4.78 is 45.5. The van der Waals surface area contributed by atoms with E-state index < -0.39 is 21.8 Å². The lowest BCUT2D eigenvalue weighted by molar-refractivity contribution is -0.144. The molecular formula is C22H27N3O7S. The van der Waals surface area contributed by atoms with Crippen molar-refractivity contribution in [2.45, 2.75) is 43.9 Å². The first-order valence-corrected chi connectivity index (χ1v) is 12.5. The number of ether oxygens (including phenoxy) is 4. The second kappa shape index (κ2) is 11.2. The van der Waals surface area contributed by atoms with Crippen LogP contribution in [-0.2, 0) is 24.1 Å². The molecule has 0 amide bonds. The smallest absolute Gasteiger partial charge is 0.332 e. The molecule has 1 aliphatic heterocycles. The zero-order valence-corrected chi connectivity index (χ0v) is 19.6. The number of benzene rings is 1. The highest BCUT2D eigenvalue weighted by Gasteiger charge is 2.19. The van der Waals surface area contributed by atoms with Crippen molar-refractivity contribution in [2.24, 2.45) is 10.2 Å². The minimum Gasteiger partial charge on any atom is -0.488 e. The normalized spacial score (nSPS) is 15.8. The first-order valence-electron chi connectivity index (χ1n) is 10.6. The van der Waals surface area contributed by atoms with E-state index in [-0.39, 0.29) is 17.7 Å². The van der Waals surface area contributed by atoms with E-state index >= 15 is 0 Å². The number of azo groups is 1. The highest BCUT2D eigenvalue weighted by molar-refractivity contribution is 7.90. The van der Waals surface area contributed by atoms with Gasteiger partial charge in [-0.25, -0.2) is 18.2 Å². The number of sulfone groups is 1. The van der Waals surface area contributed by atoms with Crippen molar-refractivity contribution in [3.05, 3.63) is 36.5 Å². The van der Waals surface area contributed by atoms with Crippen LogP contribution in [0.15, 0.2) is 51.8 Å². The molecule has 0 N–H and O–H groups in total. The van der Waals surface area contributed by atoms with E-state index in [0.29, 0.717) is 36.1 Å². The van der Waals surface area contributed by atoms with E-state index in [4.69, 9.17) is 18.9 Å². The highest BCUT2D eigenvalue weighted by atomic mass is 32.2. The van der Waals surface area contributed by atoms with Crippen LogP contribution in [0.4, 0.5) is 5.69 Å². The van der Waals surface area contributed by atoms with Crippen LogP contribution in [0.1, 0.15) is 26.7 Å². The molecule has 0 bridgehead atoms. The molecule has 0 aliphatic carbocycles. The number of carbonyl (C=O) groups excluding carboxylic acids is 1. The van der Waals surface area contributed by atoms with Gasteiger partial charge in [0.05, 0.1) is 26.0 Å². The summed E-state index contributed by atoms with van der Waals surface area (Å²) in [5.41, 5.74) is 0.440. The van der Waals surface area contributed by atoms with Gasteiger partial charge in [0.15, 0.2) is 26.7 Å². The van der Waals surface area contributed by atoms with Gasteiger partial charge >= 0.3 is 5.97 Å². The Hall–Kier alpha value is -3.05. The summed E-state index contributed by atoms with van der Waals surface area (Å²) in [7, 11) is -3.40. The zero-order chi connectivity index (χ0) is 23.8. The third-order valence-corrected chi connectivity index (χ3v) is 5.69. The van der Waals surface area contributed by atoms with Gasteiger partial charge in [0.1, 0.15) is 23.3 Å². The molecule has 2 heterocycles. The van der Waals surface area contributed by atoms with Gasteiger partial charge in [0, 0.05) is 25.2 Å². The summed E-state index contributed by atoms with van der Waals surface area (Å²) in [5, 5.41) is 8.21. The molecule has 2 aromatic rings. The number of esters is 1. The Labute approximate surface area is 192 Å². The number of hydrogen-bond acceptors (Lipinski definition) is 10. The van der Waals surface area contributed by atoms with Gasteiger partial charge in [-0.3, -0.25) is 0 Å². The summed E-state index contributed by atoms with van der Waals surface area (Å²) in [5.74, 6) is 0.797. The maximum atomic E-state index is 11.8. The lowest BCUT2D eigenvalue weighted by atomic mass is 10.1. The first kappa shape index (κ1) is 24.6. The number of nitrogens with zero attached hydrogens (tertiary/aromatic N) is 3. The van der Waals surface area contributed by atoms with Gasteiger partial charge in [0.2, 0.25) is 0 Å². The van der Waals surface area contributed by atoms with Crippen LogP contribution in [0.5, 0.6) is 17.2 Å². The predicted molar refractivity (Wildman–Crippen MR) is 119 cm³/mol. The SMILES string of the molecule is CCOC(=O)C(C)N=Nc1ccc(Oc2ccc(S(C)(=O)=O)nc2)cc1OC1CCOCC1. The Bertz CT molecular complexity index is 1080. The van der Waals surface area contributed by atoms with Gasteiger partial charge in [-0.1, -0.05) is 0 Å². The Morgan fingerprint density at radius 1 is 1.21 bits per heavy atom. The van der Waals surface area contributed by atoms with Gasteiger partial charge in [-0.05, 0) is 38.1 Å². The molecule has 1 unspecified atom stereocenters. The van der Waals surface area contributed by atoms with E-state index in [1.807, 2.05) is 0 Å². The Morgan fingerprint density at radius 3 is 2.58 bits per heavy atom. The highest BCUT2D eigenvalue weighted by Crippen LogP contribution is 2.36. The fourth-order valence-electron chi connectivity index (χ4n) is 2.95. The number of carbonyl (C=O) groups is 1. The van der Waals surface area contributed by atoms with Crippen molar-refractivity contribution in [1.29, 1.82) is 0 Å². The van der Waals surface area contributed by atoms with Crippen LogP contribution >= 0.6 is 0 Å². The zero-order valence-electron chi connectivity index (χ0n) is 18.8. The largest absolute Gasteiger partial charge is 0.488 e. The predicted octanol–water partition coefficient (Wildman–Crippen LogP) is 3.87. The van der Waals surface area contributed by atoms with Crippen LogP contribution in [0, 0.1) is 0 Å². The summed E-state index contributed by atoms with van der Waals surface area (Å²) in [6, 6.07) is 7.16. The Balaban J connectivity index is 1.82. The lowest BCUT2D eigenvalue weighted by Crippen LogP contribution is -2.25. The number of aromatic nitrogens is 1. The molecular weight excluding hydrogens is 450 g/mol. The molecule has 11 heteroatoms. The van der Waals surface area contributed by atoms with Gasteiger partial charge in [-0.15, -0.1) is 0 Å². The average molecular weight is 478 g/mol. The molecule has 1 saturated heterocycles. The molecule has 0 saturated carbocycles. The molecule has 1 aromatic heterocycles. The second-order valence-electron chi connectivity index (χ2n) is 7.41. The second-order valence-corrected chi connectivity index (χ2v) is 9.37. The molecule has 0 spiro atoms. The van der Waals surface area contributed by atoms with E-state index in [1.165, 1.54) is 18.3 Å². The molecule has 33 heavy (non-hydrogen) atoms. The molecule has 1 aromatic carbocycles. The molecule has 3 rings (SSSR count). The van der Waals surface area contributed by atoms with Gasteiger partial charge in [0.25, 0.3) is 0 Å². The average Bonchev–Trinajstić information content (AvgIpc) is 2.79. The number of pyridine rings is 1.